The molecule has 0 atom stereocenters. The van der Waals surface area contributed by atoms with Crippen molar-refractivity contribution in [1.29, 1.82) is 0 Å². The summed E-state index contributed by atoms with van der Waals surface area (Å²) in [6.07, 6.45) is 0.880. The quantitative estimate of drug-likeness (QED) is 0.812. The summed E-state index contributed by atoms with van der Waals surface area (Å²) in [7, 11) is 0. The van der Waals surface area contributed by atoms with E-state index < -0.39 is 5.54 Å². The molecule has 2 heterocycles. The molecule has 1 aromatic rings. The molecule has 1 N–H and O–H groups in total. The number of ether oxygens (including phenoxy) is 1. The highest BCUT2D eigenvalue weighted by Crippen LogP contribution is 2.34. The second-order valence-electron chi connectivity index (χ2n) is 6.38. The fourth-order valence-corrected chi connectivity index (χ4v) is 3.49. The van der Waals surface area contributed by atoms with Gasteiger partial charge in [0.15, 0.2) is 0 Å². The molecule has 0 aliphatic carbocycles. The summed E-state index contributed by atoms with van der Waals surface area (Å²) in [5.74, 6) is -0.332. The molecular weight excluding hydrogens is 322 g/mol. The molecule has 0 aromatic heterocycles. The van der Waals surface area contributed by atoms with Crippen molar-refractivity contribution >= 4 is 17.8 Å². The van der Waals surface area contributed by atoms with Crippen molar-refractivity contribution in [1.82, 2.24) is 15.1 Å². The van der Waals surface area contributed by atoms with Gasteiger partial charge in [-0.15, -0.1) is 0 Å². The molecule has 25 heavy (non-hydrogen) atoms. The Morgan fingerprint density at radius 3 is 2.52 bits per heavy atom. The van der Waals surface area contributed by atoms with Crippen molar-refractivity contribution in [2.24, 2.45) is 0 Å². The summed E-state index contributed by atoms with van der Waals surface area (Å²) in [6, 6.07) is 9.24. The van der Waals surface area contributed by atoms with Crippen molar-refractivity contribution < 1.29 is 19.1 Å². The molecule has 1 spiro atoms. The standard InChI is InChI=1S/C18H23N3O4/c1-2-25-13-15(22)20-10-8-18(9-11-20)16(23)19-17(24)21(18)12-14-6-4-3-5-7-14/h3-7H,2,8-13H2,1H3,(H,19,23,24). The van der Waals surface area contributed by atoms with Crippen molar-refractivity contribution in [2.75, 3.05) is 26.3 Å². The zero-order valence-electron chi connectivity index (χ0n) is 14.4. The van der Waals surface area contributed by atoms with Gasteiger partial charge < -0.3 is 14.5 Å². The van der Waals surface area contributed by atoms with Gasteiger partial charge in [0, 0.05) is 26.2 Å². The lowest BCUT2D eigenvalue weighted by atomic mass is 9.85. The van der Waals surface area contributed by atoms with Gasteiger partial charge in [-0.05, 0) is 25.3 Å². The van der Waals surface area contributed by atoms with Gasteiger partial charge in [-0.2, -0.15) is 0 Å². The lowest BCUT2D eigenvalue weighted by Crippen LogP contribution is -2.57. The minimum Gasteiger partial charge on any atom is -0.372 e. The summed E-state index contributed by atoms with van der Waals surface area (Å²) in [5.41, 5.74) is 0.108. The van der Waals surface area contributed by atoms with Gasteiger partial charge >= 0.3 is 6.03 Å². The first-order valence-electron chi connectivity index (χ1n) is 8.59. The van der Waals surface area contributed by atoms with Crippen LogP contribution in [0, 0.1) is 0 Å². The molecule has 1 aromatic carbocycles. The van der Waals surface area contributed by atoms with Gasteiger partial charge in [0.2, 0.25) is 5.91 Å². The molecule has 2 fully saturated rings. The summed E-state index contributed by atoms with van der Waals surface area (Å²) in [4.78, 5) is 40.2. The van der Waals surface area contributed by atoms with Crippen LogP contribution in [0.2, 0.25) is 0 Å². The van der Waals surface area contributed by atoms with E-state index in [0.717, 1.165) is 5.56 Å². The third-order valence-corrected chi connectivity index (χ3v) is 4.96. The van der Waals surface area contributed by atoms with Crippen molar-refractivity contribution in [3.63, 3.8) is 0 Å². The molecule has 2 aliphatic rings. The van der Waals surface area contributed by atoms with Crippen LogP contribution in [-0.4, -0.2) is 59.5 Å². The number of likely N-dealkylation sites (tertiary alicyclic amines) is 1. The minimum absolute atomic E-state index is 0.0579. The Morgan fingerprint density at radius 1 is 1.20 bits per heavy atom. The van der Waals surface area contributed by atoms with Gasteiger partial charge in [0.1, 0.15) is 12.1 Å². The lowest BCUT2D eigenvalue weighted by molar-refractivity contribution is -0.141. The van der Waals surface area contributed by atoms with Gasteiger partial charge in [-0.25, -0.2) is 4.79 Å². The highest BCUT2D eigenvalue weighted by Gasteiger charge is 2.54. The van der Waals surface area contributed by atoms with E-state index in [1.807, 2.05) is 37.3 Å². The van der Waals surface area contributed by atoms with Crippen LogP contribution in [0.25, 0.3) is 0 Å². The number of hydrogen-bond acceptors (Lipinski definition) is 4. The topological polar surface area (TPSA) is 79.0 Å². The summed E-state index contributed by atoms with van der Waals surface area (Å²) >= 11 is 0. The van der Waals surface area contributed by atoms with E-state index in [4.69, 9.17) is 4.74 Å². The smallest absolute Gasteiger partial charge is 0.325 e. The maximum Gasteiger partial charge on any atom is 0.325 e. The molecule has 0 bridgehead atoms. The Labute approximate surface area is 146 Å². The predicted molar refractivity (Wildman–Crippen MR) is 90.6 cm³/mol. The lowest BCUT2D eigenvalue weighted by Gasteiger charge is -2.42. The number of carbonyl (C=O) groups excluding carboxylic acids is 3. The third kappa shape index (κ3) is 3.37. The van der Waals surface area contributed by atoms with Crippen molar-refractivity contribution in [2.45, 2.75) is 31.8 Å². The molecule has 0 unspecified atom stereocenters. The average Bonchev–Trinajstić information content (AvgIpc) is 2.85. The summed E-state index contributed by atoms with van der Waals surface area (Å²) in [5, 5.41) is 2.45. The molecule has 3 rings (SSSR count). The first-order valence-corrected chi connectivity index (χ1v) is 8.59. The van der Waals surface area contributed by atoms with Crippen molar-refractivity contribution in [3.05, 3.63) is 35.9 Å². The molecule has 4 amide bonds. The first-order chi connectivity index (χ1) is 12.1. The van der Waals surface area contributed by atoms with Crippen LogP contribution in [0.3, 0.4) is 0 Å². The van der Waals surface area contributed by atoms with Crippen LogP contribution < -0.4 is 5.32 Å². The number of rotatable bonds is 5. The number of nitrogens with zero attached hydrogens (tertiary/aromatic N) is 2. The van der Waals surface area contributed by atoms with E-state index in [9.17, 15) is 14.4 Å². The van der Waals surface area contributed by atoms with Gasteiger partial charge in [-0.1, -0.05) is 30.3 Å². The summed E-state index contributed by atoms with van der Waals surface area (Å²) in [6.45, 7) is 3.66. The molecule has 0 saturated carbocycles. The normalized spacial score (nSPS) is 19.4. The molecule has 2 saturated heterocycles. The monoisotopic (exact) mass is 345 g/mol. The Balaban J connectivity index is 1.72. The molecule has 0 radical (unpaired) electrons. The number of nitrogens with one attached hydrogen (secondary N) is 1. The number of amides is 4. The zero-order chi connectivity index (χ0) is 17.9. The Kier molecular flexibility index (Phi) is 5.03. The highest BCUT2D eigenvalue weighted by atomic mass is 16.5. The van der Waals surface area contributed by atoms with Gasteiger partial charge in [-0.3, -0.25) is 14.9 Å². The van der Waals surface area contributed by atoms with Crippen LogP contribution in [-0.2, 0) is 20.9 Å². The maximum atomic E-state index is 12.5. The maximum absolute atomic E-state index is 12.5. The van der Waals surface area contributed by atoms with E-state index in [2.05, 4.69) is 5.32 Å². The Morgan fingerprint density at radius 2 is 1.88 bits per heavy atom. The van der Waals surface area contributed by atoms with Crippen LogP contribution in [0.15, 0.2) is 30.3 Å². The third-order valence-electron chi connectivity index (χ3n) is 4.96. The number of piperidine rings is 1. The van der Waals surface area contributed by atoms with E-state index in [-0.39, 0.29) is 24.5 Å². The highest BCUT2D eigenvalue weighted by molar-refractivity contribution is 6.07. The first kappa shape index (κ1) is 17.4. The Bertz CT molecular complexity index is 654. The van der Waals surface area contributed by atoms with Gasteiger partial charge in [0.05, 0.1) is 0 Å². The summed E-state index contributed by atoms with van der Waals surface area (Å²) < 4.78 is 5.17. The average molecular weight is 345 g/mol. The van der Waals surface area contributed by atoms with E-state index in [1.54, 1.807) is 9.80 Å². The minimum atomic E-state index is -0.866. The number of imide groups is 1. The predicted octanol–water partition coefficient (Wildman–Crippen LogP) is 1.14. The molecule has 134 valence electrons. The number of carbonyl (C=O) groups is 3. The van der Waals surface area contributed by atoms with E-state index >= 15 is 0 Å². The molecule has 2 aliphatic heterocycles. The van der Waals surface area contributed by atoms with E-state index in [1.165, 1.54) is 0 Å². The fraction of sp³-hybridized carbons (Fsp3) is 0.500. The SMILES string of the molecule is CCOCC(=O)N1CCC2(CC1)C(=O)NC(=O)N2Cc1ccccc1. The molecule has 7 nitrogen and oxygen atoms in total. The number of benzene rings is 1. The zero-order valence-corrected chi connectivity index (χ0v) is 14.4. The van der Waals surface area contributed by atoms with E-state index in [0.29, 0.717) is 39.1 Å². The molecular formula is C18H23N3O4. The number of urea groups is 1. The van der Waals surface area contributed by atoms with Gasteiger partial charge in [0.25, 0.3) is 5.91 Å². The second kappa shape index (κ2) is 7.23. The van der Waals surface area contributed by atoms with Crippen LogP contribution in [0.5, 0.6) is 0 Å². The second-order valence-corrected chi connectivity index (χ2v) is 6.38. The van der Waals surface area contributed by atoms with Crippen LogP contribution in [0.4, 0.5) is 4.79 Å². The largest absolute Gasteiger partial charge is 0.372 e. The fourth-order valence-electron chi connectivity index (χ4n) is 3.49. The van der Waals surface area contributed by atoms with Crippen molar-refractivity contribution in [3.8, 4) is 0 Å². The Hall–Kier alpha value is -2.41. The van der Waals surface area contributed by atoms with Crippen LogP contribution >= 0.6 is 0 Å². The van der Waals surface area contributed by atoms with Crippen LogP contribution in [0.1, 0.15) is 25.3 Å². The molecule has 7 heteroatoms. The number of hydrogen-bond donors (Lipinski definition) is 1.